The van der Waals surface area contributed by atoms with Gasteiger partial charge in [0.15, 0.2) is 4.11 Å². The van der Waals surface area contributed by atoms with E-state index in [2.05, 4.69) is 47.1 Å². The first kappa shape index (κ1) is 50.0. The lowest BCUT2D eigenvalue weighted by Crippen LogP contribution is -2.43. The maximum absolute atomic E-state index is 13.0. The average Bonchev–Trinajstić information content (AvgIpc) is 3.87. The molecule has 0 bridgehead atoms. The molecular weight excluding hydrogens is 807 g/mol. The quantitative estimate of drug-likeness (QED) is 0.0238. The summed E-state index contributed by atoms with van der Waals surface area (Å²) in [5.41, 5.74) is 0. The molecule has 0 aliphatic heterocycles. The number of unbranched alkanes of at least 4 members (excludes halogenated alkanes) is 15. The molecular formula is C41H73IN2O10. The molecule has 54 heavy (non-hydrogen) atoms. The number of carboxylic acids is 1. The molecule has 1 fully saturated rings. The van der Waals surface area contributed by atoms with Gasteiger partial charge in [0, 0.05) is 25.8 Å². The predicted octanol–water partition coefficient (Wildman–Crippen LogP) is 8.34. The van der Waals surface area contributed by atoms with Crippen LogP contribution in [0.1, 0.15) is 174 Å². The van der Waals surface area contributed by atoms with Crippen LogP contribution in [0.4, 0.5) is 0 Å². The van der Waals surface area contributed by atoms with Crippen LogP contribution in [0.25, 0.3) is 0 Å². The van der Waals surface area contributed by atoms with Crippen molar-refractivity contribution in [1.29, 1.82) is 0 Å². The van der Waals surface area contributed by atoms with Crippen molar-refractivity contribution in [2.45, 2.75) is 191 Å². The molecule has 3 unspecified atom stereocenters. The molecule has 13 heteroatoms. The van der Waals surface area contributed by atoms with E-state index in [1.807, 2.05) is 0 Å². The molecule has 1 rings (SSSR count). The lowest BCUT2D eigenvalue weighted by atomic mass is 10.0. The first-order valence-electron chi connectivity index (χ1n) is 21.1. The van der Waals surface area contributed by atoms with Gasteiger partial charge in [0.1, 0.15) is 18.8 Å². The van der Waals surface area contributed by atoms with Gasteiger partial charge in [-0.1, -0.05) is 117 Å². The van der Waals surface area contributed by atoms with Crippen molar-refractivity contribution < 1.29 is 48.0 Å². The van der Waals surface area contributed by atoms with Gasteiger partial charge in [-0.2, -0.15) is 0 Å². The van der Waals surface area contributed by atoms with Crippen molar-refractivity contribution in [3.63, 3.8) is 0 Å². The predicted molar refractivity (Wildman–Crippen MR) is 218 cm³/mol. The summed E-state index contributed by atoms with van der Waals surface area (Å²) in [5.74, 6) is -1.62. The topological polar surface area (TPSA) is 167 Å². The Labute approximate surface area is 339 Å². The number of hydrogen-bond donors (Lipinski definition) is 3. The molecule has 3 N–H and O–H groups in total. The third kappa shape index (κ3) is 30.2. The molecule has 1 aliphatic carbocycles. The third-order valence-electron chi connectivity index (χ3n) is 9.54. The van der Waals surface area contributed by atoms with Crippen LogP contribution >= 0.6 is 22.6 Å². The largest absolute Gasteiger partial charge is 0.480 e. The van der Waals surface area contributed by atoms with Gasteiger partial charge in [-0.3, -0.25) is 14.4 Å². The number of rotatable bonds is 38. The monoisotopic (exact) mass is 880 g/mol. The third-order valence-corrected chi connectivity index (χ3v) is 10.4. The van der Waals surface area contributed by atoms with Crippen molar-refractivity contribution in [1.82, 2.24) is 10.6 Å². The Bertz CT molecular complexity index is 1020. The highest BCUT2D eigenvalue weighted by atomic mass is 127. The van der Waals surface area contributed by atoms with Crippen LogP contribution in [0.3, 0.4) is 0 Å². The van der Waals surface area contributed by atoms with Gasteiger partial charge >= 0.3 is 17.9 Å². The lowest BCUT2D eigenvalue weighted by Gasteiger charge is -2.18. The highest BCUT2D eigenvalue weighted by Gasteiger charge is 2.41. The van der Waals surface area contributed by atoms with Crippen LogP contribution in [0.5, 0.6) is 0 Å². The van der Waals surface area contributed by atoms with E-state index in [1.54, 1.807) is 0 Å². The van der Waals surface area contributed by atoms with Crippen molar-refractivity contribution in [3.05, 3.63) is 0 Å². The second kappa shape index (κ2) is 34.3. The van der Waals surface area contributed by atoms with Crippen LogP contribution in [0, 0.1) is 5.92 Å². The van der Waals surface area contributed by atoms with Crippen LogP contribution in [0.2, 0.25) is 0 Å². The Balaban J connectivity index is 2.09. The summed E-state index contributed by atoms with van der Waals surface area (Å²) in [6.45, 7) is 4.70. The normalized spacial score (nSPS) is 16.0. The zero-order chi connectivity index (χ0) is 39.7. The fourth-order valence-corrected chi connectivity index (χ4v) is 7.21. The molecule has 0 aromatic carbocycles. The second-order valence-electron chi connectivity index (χ2n) is 14.7. The van der Waals surface area contributed by atoms with Gasteiger partial charge in [-0.25, -0.2) is 9.59 Å². The molecule has 0 spiro atoms. The minimum absolute atomic E-state index is 0.0129. The fraction of sp³-hybridized carbons (Fsp3) is 0.878. The van der Waals surface area contributed by atoms with Crippen LogP contribution in [-0.2, 0) is 42.9 Å². The number of esters is 2. The summed E-state index contributed by atoms with van der Waals surface area (Å²) >= 11 is 2.20. The molecule has 1 aliphatic rings. The molecule has 2 amide bonds. The van der Waals surface area contributed by atoms with Crippen LogP contribution in [0.15, 0.2) is 0 Å². The molecule has 4 atom stereocenters. The first-order chi connectivity index (χ1) is 26.2. The van der Waals surface area contributed by atoms with Gasteiger partial charge in [0.05, 0.1) is 19.8 Å². The maximum Gasteiger partial charge on any atom is 0.329 e. The summed E-state index contributed by atoms with van der Waals surface area (Å²) in [5, 5.41) is 14.1. The van der Waals surface area contributed by atoms with E-state index in [0.717, 1.165) is 64.2 Å². The molecule has 0 saturated heterocycles. The Morgan fingerprint density at radius 3 is 1.80 bits per heavy atom. The lowest BCUT2D eigenvalue weighted by molar-refractivity contribution is -0.150. The number of aliphatic carboxylic acids is 1. The van der Waals surface area contributed by atoms with E-state index in [-0.39, 0.29) is 73.8 Å². The van der Waals surface area contributed by atoms with E-state index in [0.29, 0.717) is 18.8 Å². The first-order valence-corrected chi connectivity index (χ1v) is 22.4. The Hall–Kier alpha value is -2.00. The van der Waals surface area contributed by atoms with Crippen molar-refractivity contribution in [2.75, 3.05) is 33.0 Å². The average molecular weight is 881 g/mol. The summed E-state index contributed by atoms with van der Waals surface area (Å²) in [6.07, 6.45) is 24.6. The highest BCUT2D eigenvalue weighted by Crippen LogP contribution is 2.37. The van der Waals surface area contributed by atoms with E-state index in [1.165, 1.54) is 70.6 Å². The molecule has 1 saturated carbocycles. The SMILES string of the molecule is CCCC(I)OC(=O)CCCCCCCCCCCCCCCCCCC(=O)N[C@@H](CCC(=O)NCCOCCOCC(=O)O)C(=O)OC1CC1CCC. The van der Waals surface area contributed by atoms with Crippen LogP contribution in [-0.4, -0.2) is 84.1 Å². The Morgan fingerprint density at radius 1 is 0.685 bits per heavy atom. The van der Waals surface area contributed by atoms with E-state index >= 15 is 0 Å². The molecule has 0 radical (unpaired) electrons. The molecule has 12 nitrogen and oxygen atoms in total. The Morgan fingerprint density at radius 2 is 1.24 bits per heavy atom. The summed E-state index contributed by atoms with van der Waals surface area (Å²) in [6, 6.07) is -0.860. The van der Waals surface area contributed by atoms with Gasteiger partial charge in [-0.15, -0.1) is 0 Å². The number of ether oxygens (including phenoxy) is 4. The number of carboxylic acid groups (broad SMARTS) is 1. The number of halogens is 1. The van der Waals surface area contributed by atoms with Crippen molar-refractivity contribution >= 4 is 52.3 Å². The number of nitrogens with one attached hydrogen (secondary N) is 2. The van der Waals surface area contributed by atoms with Crippen molar-refractivity contribution in [3.8, 4) is 0 Å². The second-order valence-corrected chi connectivity index (χ2v) is 16.1. The molecule has 0 aromatic heterocycles. The van der Waals surface area contributed by atoms with Gasteiger partial charge in [0.2, 0.25) is 11.8 Å². The van der Waals surface area contributed by atoms with Crippen molar-refractivity contribution in [2.24, 2.45) is 5.92 Å². The van der Waals surface area contributed by atoms with E-state index < -0.39 is 18.0 Å². The fourth-order valence-electron chi connectivity index (χ4n) is 6.31. The molecule has 0 heterocycles. The van der Waals surface area contributed by atoms with Crippen LogP contribution < -0.4 is 10.6 Å². The van der Waals surface area contributed by atoms with Gasteiger partial charge in [-0.05, 0) is 67.0 Å². The summed E-state index contributed by atoms with van der Waals surface area (Å²) in [4.78, 5) is 60.4. The van der Waals surface area contributed by atoms with E-state index in [4.69, 9.17) is 24.1 Å². The molecule has 0 aromatic rings. The highest BCUT2D eigenvalue weighted by molar-refractivity contribution is 14.1. The number of amides is 2. The summed E-state index contributed by atoms with van der Waals surface area (Å²) in [7, 11) is 0. The molecule has 314 valence electrons. The maximum atomic E-state index is 13.0. The zero-order valence-electron chi connectivity index (χ0n) is 33.5. The van der Waals surface area contributed by atoms with E-state index in [9.17, 15) is 24.0 Å². The number of alkyl halides is 1. The number of hydrogen-bond acceptors (Lipinski definition) is 9. The van der Waals surface area contributed by atoms with Gasteiger partial charge < -0.3 is 34.7 Å². The number of carbonyl (C=O) groups is 5. The zero-order valence-corrected chi connectivity index (χ0v) is 35.7. The minimum Gasteiger partial charge on any atom is -0.480 e. The minimum atomic E-state index is -1.04. The summed E-state index contributed by atoms with van der Waals surface area (Å²) < 4.78 is 21.3. The smallest absolute Gasteiger partial charge is 0.329 e. The number of carbonyl (C=O) groups excluding carboxylic acids is 4. The Kier molecular flexibility index (Phi) is 31.7. The standard InChI is InChI=1S/C41H73IN2O10/c1-3-21-33-31-35(33)53-41(50)34(25-26-37(45)43-27-28-51-29-30-52-32-39(47)48)44-38(46)23-19-17-15-13-11-9-7-5-6-8-10-12-14-16-18-20-24-40(49)54-36(42)22-4-2/h33-36H,3-32H2,1-2H3,(H,43,45)(H,44,46)(H,47,48)/t33?,34-,35?,36?/m0/s1. The van der Waals surface area contributed by atoms with Gasteiger partial charge in [0.25, 0.3) is 0 Å².